The van der Waals surface area contributed by atoms with Crippen LogP contribution >= 0.6 is 0 Å². The number of hydrogen-bond acceptors (Lipinski definition) is 3. The van der Waals surface area contributed by atoms with Crippen LogP contribution in [0, 0.1) is 5.82 Å². The Kier molecular flexibility index (Phi) is 4.82. The van der Waals surface area contributed by atoms with Crippen LogP contribution < -0.4 is 5.32 Å². The summed E-state index contributed by atoms with van der Waals surface area (Å²) in [5.74, 6) is -0.236. The van der Waals surface area contributed by atoms with Crippen LogP contribution in [0.5, 0.6) is 0 Å². The average Bonchev–Trinajstić information content (AvgIpc) is 2.45. The van der Waals surface area contributed by atoms with Crippen molar-refractivity contribution in [3.8, 4) is 0 Å². The third-order valence-electron chi connectivity index (χ3n) is 3.24. The fourth-order valence-corrected chi connectivity index (χ4v) is 2.12. The van der Waals surface area contributed by atoms with Crippen molar-refractivity contribution in [2.75, 3.05) is 6.61 Å². The van der Waals surface area contributed by atoms with Crippen LogP contribution in [0.25, 0.3) is 10.9 Å². The van der Waals surface area contributed by atoms with Crippen molar-refractivity contribution >= 4 is 10.9 Å². The first kappa shape index (κ1) is 13.9. The Labute approximate surface area is 112 Å². The molecule has 0 fully saturated rings. The number of nitrogens with one attached hydrogen (secondary N) is 1. The van der Waals surface area contributed by atoms with Crippen LogP contribution in [0.15, 0.2) is 30.5 Å². The van der Waals surface area contributed by atoms with E-state index in [1.165, 1.54) is 6.07 Å². The van der Waals surface area contributed by atoms with Gasteiger partial charge in [0.2, 0.25) is 0 Å². The standard InChI is InChI=1S/C15H19FN2O/c1-11(4-3-9-19)18-10-12-6-7-14(16)13-5-2-8-17-15(12)13/h2,5-8,11,18-19H,3-4,9-10H2,1H3. The van der Waals surface area contributed by atoms with E-state index >= 15 is 0 Å². The number of benzene rings is 1. The minimum absolute atomic E-state index is 0.215. The molecule has 2 aromatic rings. The second kappa shape index (κ2) is 6.59. The summed E-state index contributed by atoms with van der Waals surface area (Å²) in [6.45, 7) is 2.95. The van der Waals surface area contributed by atoms with Crippen LogP contribution in [0.4, 0.5) is 4.39 Å². The zero-order valence-electron chi connectivity index (χ0n) is 11.1. The fraction of sp³-hybridized carbons (Fsp3) is 0.400. The van der Waals surface area contributed by atoms with Gasteiger partial charge in [-0.25, -0.2) is 4.39 Å². The Hall–Kier alpha value is -1.52. The number of pyridine rings is 1. The molecular weight excluding hydrogens is 243 g/mol. The molecule has 1 aromatic heterocycles. The molecule has 0 saturated heterocycles. The summed E-state index contributed by atoms with van der Waals surface area (Å²) in [6.07, 6.45) is 3.39. The maximum atomic E-state index is 13.6. The van der Waals surface area contributed by atoms with Crippen LogP contribution in [-0.4, -0.2) is 22.7 Å². The highest BCUT2D eigenvalue weighted by Crippen LogP contribution is 2.19. The average molecular weight is 262 g/mol. The molecule has 0 aliphatic heterocycles. The third-order valence-corrected chi connectivity index (χ3v) is 3.24. The van der Waals surface area contributed by atoms with E-state index < -0.39 is 0 Å². The van der Waals surface area contributed by atoms with E-state index in [0.29, 0.717) is 23.5 Å². The number of hydrogen-bond donors (Lipinski definition) is 2. The molecule has 0 aliphatic carbocycles. The second-order valence-electron chi connectivity index (χ2n) is 4.75. The maximum Gasteiger partial charge on any atom is 0.132 e. The monoisotopic (exact) mass is 262 g/mol. The molecule has 0 bridgehead atoms. The van der Waals surface area contributed by atoms with Crippen LogP contribution in [0.2, 0.25) is 0 Å². The molecule has 1 atom stereocenters. The van der Waals surface area contributed by atoms with E-state index in [-0.39, 0.29) is 12.4 Å². The summed E-state index contributed by atoms with van der Waals surface area (Å²) in [6, 6.07) is 7.06. The van der Waals surface area contributed by atoms with Crippen molar-refractivity contribution in [1.29, 1.82) is 0 Å². The maximum absolute atomic E-state index is 13.6. The topological polar surface area (TPSA) is 45.1 Å². The molecule has 19 heavy (non-hydrogen) atoms. The van der Waals surface area contributed by atoms with Crippen LogP contribution in [0.3, 0.4) is 0 Å². The molecule has 0 spiro atoms. The van der Waals surface area contributed by atoms with Crippen molar-refractivity contribution in [2.24, 2.45) is 0 Å². The van der Waals surface area contributed by atoms with E-state index in [4.69, 9.17) is 5.11 Å². The van der Waals surface area contributed by atoms with E-state index in [9.17, 15) is 4.39 Å². The number of halogens is 1. The predicted octanol–water partition coefficient (Wildman–Crippen LogP) is 2.62. The molecule has 0 amide bonds. The first-order valence-corrected chi connectivity index (χ1v) is 6.58. The van der Waals surface area contributed by atoms with Gasteiger partial charge in [0.1, 0.15) is 5.82 Å². The molecule has 0 aliphatic rings. The lowest BCUT2D eigenvalue weighted by molar-refractivity contribution is 0.276. The SMILES string of the molecule is CC(CCCO)NCc1ccc(F)c2cccnc12. The molecule has 102 valence electrons. The smallest absolute Gasteiger partial charge is 0.132 e. The molecule has 1 unspecified atom stereocenters. The lowest BCUT2D eigenvalue weighted by Gasteiger charge is -2.14. The van der Waals surface area contributed by atoms with Crippen molar-refractivity contribution < 1.29 is 9.50 Å². The van der Waals surface area contributed by atoms with Crippen LogP contribution in [0.1, 0.15) is 25.3 Å². The normalized spacial score (nSPS) is 12.8. The molecule has 1 aromatic carbocycles. The Morgan fingerprint density at radius 1 is 1.37 bits per heavy atom. The second-order valence-corrected chi connectivity index (χ2v) is 4.75. The van der Waals surface area contributed by atoms with Gasteiger partial charge in [0.05, 0.1) is 5.52 Å². The zero-order chi connectivity index (χ0) is 13.7. The summed E-state index contributed by atoms with van der Waals surface area (Å²) < 4.78 is 13.6. The lowest BCUT2D eigenvalue weighted by Crippen LogP contribution is -2.25. The van der Waals surface area contributed by atoms with Gasteiger partial charge in [-0.2, -0.15) is 0 Å². The van der Waals surface area contributed by atoms with Crippen LogP contribution in [-0.2, 0) is 6.54 Å². The Bertz CT molecular complexity index is 545. The van der Waals surface area contributed by atoms with E-state index in [1.54, 1.807) is 24.4 Å². The first-order chi connectivity index (χ1) is 9.22. The van der Waals surface area contributed by atoms with Gasteiger partial charge in [-0.15, -0.1) is 0 Å². The van der Waals surface area contributed by atoms with Gasteiger partial charge in [-0.05, 0) is 43.5 Å². The zero-order valence-corrected chi connectivity index (χ0v) is 11.1. The van der Waals surface area contributed by atoms with E-state index in [0.717, 1.165) is 18.4 Å². The molecule has 2 N–H and O–H groups in total. The van der Waals surface area contributed by atoms with Gasteiger partial charge in [-0.1, -0.05) is 6.07 Å². The van der Waals surface area contributed by atoms with Gasteiger partial charge in [0, 0.05) is 30.8 Å². The number of aliphatic hydroxyl groups is 1. The molecule has 2 rings (SSSR count). The summed E-state index contributed by atoms with van der Waals surface area (Å²) in [5, 5.41) is 12.7. The number of aromatic nitrogens is 1. The van der Waals surface area contributed by atoms with Gasteiger partial charge < -0.3 is 10.4 Å². The van der Waals surface area contributed by atoms with Crippen molar-refractivity contribution in [1.82, 2.24) is 10.3 Å². The molecule has 1 heterocycles. The molecule has 4 heteroatoms. The summed E-state index contributed by atoms with van der Waals surface area (Å²) in [5.41, 5.74) is 1.71. The number of aliphatic hydroxyl groups excluding tert-OH is 1. The van der Waals surface area contributed by atoms with Crippen molar-refractivity contribution in [3.63, 3.8) is 0 Å². The highest BCUT2D eigenvalue weighted by atomic mass is 19.1. The summed E-state index contributed by atoms with van der Waals surface area (Å²) >= 11 is 0. The minimum Gasteiger partial charge on any atom is -0.396 e. The van der Waals surface area contributed by atoms with Gasteiger partial charge >= 0.3 is 0 Å². The highest BCUT2D eigenvalue weighted by molar-refractivity contribution is 5.82. The largest absolute Gasteiger partial charge is 0.396 e. The highest BCUT2D eigenvalue weighted by Gasteiger charge is 2.08. The quantitative estimate of drug-likeness (QED) is 0.841. The van der Waals surface area contributed by atoms with Gasteiger partial charge in [0.25, 0.3) is 0 Å². The summed E-state index contributed by atoms with van der Waals surface area (Å²) in [4.78, 5) is 4.26. The fourth-order valence-electron chi connectivity index (χ4n) is 2.12. The Balaban J connectivity index is 2.11. The first-order valence-electron chi connectivity index (χ1n) is 6.58. The number of rotatable bonds is 6. The molecule has 3 nitrogen and oxygen atoms in total. The third kappa shape index (κ3) is 3.49. The van der Waals surface area contributed by atoms with E-state index in [1.807, 2.05) is 0 Å². The van der Waals surface area contributed by atoms with Gasteiger partial charge in [0.15, 0.2) is 0 Å². The molecular formula is C15H19FN2O. The molecule has 0 saturated carbocycles. The van der Waals surface area contributed by atoms with E-state index in [2.05, 4.69) is 17.2 Å². The minimum atomic E-state index is -0.236. The number of nitrogens with zero attached hydrogens (tertiary/aromatic N) is 1. The number of fused-ring (bicyclic) bond motifs is 1. The van der Waals surface area contributed by atoms with Gasteiger partial charge in [-0.3, -0.25) is 4.98 Å². The van der Waals surface area contributed by atoms with Crippen molar-refractivity contribution in [2.45, 2.75) is 32.4 Å². The molecule has 0 radical (unpaired) electrons. The summed E-state index contributed by atoms with van der Waals surface area (Å²) in [7, 11) is 0. The predicted molar refractivity (Wildman–Crippen MR) is 74.3 cm³/mol. The Morgan fingerprint density at radius 3 is 3.00 bits per heavy atom. The van der Waals surface area contributed by atoms with Crippen molar-refractivity contribution in [3.05, 3.63) is 41.8 Å². The lowest BCUT2D eigenvalue weighted by atomic mass is 10.1. The Morgan fingerprint density at radius 2 is 2.21 bits per heavy atom.